The third-order valence-corrected chi connectivity index (χ3v) is 3.66. The van der Waals surface area contributed by atoms with Crippen molar-refractivity contribution in [2.45, 2.75) is 6.92 Å². The molecule has 0 radical (unpaired) electrons. The molecule has 0 atom stereocenters. The first-order valence-corrected chi connectivity index (χ1v) is 8.45. The van der Waals surface area contributed by atoms with Crippen molar-refractivity contribution >= 4 is 23.2 Å². The maximum absolute atomic E-state index is 12.3. The summed E-state index contributed by atoms with van der Waals surface area (Å²) in [5.41, 5.74) is 1.82. The number of amides is 1. The molecule has 1 aromatic heterocycles. The van der Waals surface area contributed by atoms with Gasteiger partial charge in [0.2, 0.25) is 5.95 Å². The molecule has 0 bridgehead atoms. The van der Waals surface area contributed by atoms with Crippen molar-refractivity contribution in [1.29, 1.82) is 0 Å². The lowest BCUT2D eigenvalue weighted by molar-refractivity contribution is 0.102. The van der Waals surface area contributed by atoms with Crippen LogP contribution in [0.15, 0.2) is 60.9 Å². The van der Waals surface area contributed by atoms with E-state index < -0.39 is 0 Å². The Hall–Kier alpha value is -3.61. The number of benzene rings is 2. The molecule has 0 saturated heterocycles. The van der Waals surface area contributed by atoms with E-state index in [1.807, 2.05) is 31.2 Å². The fourth-order valence-electron chi connectivity index (χ4n) is 2.34. The molecule has 3 aromatic rings. The minimum Gasteiger partial charge on any atom is -0.497 e. The zero-order valence-corrected chi connectivity index (χ0v) is 15.1. The van der Waals surface area contributed by atoms with Crippen LogP contribution in [0.5, 0.6) is 11.5 Å². The molecule has 7 nitrogen and oxygen atoms in total. The first-order chi connectivity index (χ1) is 13.2. The summed E-state index contributed by atoms with van der Waals surface area (Å²) in [6.45, 7) is 2.52. The maximum Gasteiger partial charge on any atom is 0.258 e. The molecular formula is C20H20N4O3. The van der Waals surface area contributed by atoms with Crippen LogP contribution < -0.4 is 20.1 Å². The molecule has 0 unspecified atom stereocenters. The average Bonchev–Trinajstić information content (AvgIpc) is 2.70. The van der Waals surface area contributed by atoms with Crippen molar-refractivity contribution in [2.24, 2.45) is 0 Å². The fraction of sp³-hybridized carbons (Fsp3) is 0.150. The van der Waals surface area contributed by atoms with Crippen LogP contribution in [0.25, 0.3) is 0 Å². The smallest absolute Gasteiger partial charge is 0.258 e. The van der Waals surface area contributed by atoms with E-state index in [4.69, 9.17) is 9.47 Å². The van der Waals surface area contributed by atoms with Gasteiger partial charge in [0.1, 0.15) is 11.5 Å². The number of hydrogen-bond acceptors (Lipinski definition) is 6. The molecule has 7 heteroatoms. The van der Waals surface area contributed by atoms with Crippen molar-refractivity contribution in [3.63, 3.8) is 0 Å². The minimum atomic E-state index is -0.285. The summed E-state index contributed by atoms with van der Waals surface area (Å²) in [5, 5.41) is 5.87. The Morgan fingerprint density at radius 3 is 2.41 bits per heavy atom. The summed E-state index contributed by atoms with van der Waals surface area (Å²) in [4.78, 5) is 20.7. The van der Waals surface area contributed by atoms with Gasteiger partial charge >= 0.3 is 0 Å². The van der Waals surface area contributed by atoms with Gasteiger partial charge in [-0.1, -0.05) is 6.07 Å². The molecular weight excluding hydrogens is 344 g/mol. The zero-order chi connectivity index (χ0) is 19.1. The van der Waals surface area contributed by atoms with Crippen LogP contribution in [-0.4, -0.2) is 29.6 Å². The number of carbonyl (C=O) groups is 1. The highest BCUT2D eigenvalue weighted by atomic mass is 16.5. The molecule has 0 spiro atoms. The number of nitrogens with zero attached hydrogens (tertiary/aromatic N) is 2. The van der Waals surface area contributed by atoms with E-state index >= 15 is 0 Å². The molecule has 0 aliphatic carbocycles. The molecule has 2 aromatic carbocycles. The molecule has 0 fully saturated rings. The van der Waals surface area contributed by atoms with E-state index in [0.717, 1.165) is 17.2 Å². The third kappa shape index (κ3) is 4.94. The minimum absolute atomic E-state index is 0.285. The van der Waals surface area contributed by atoms with Gasteiger partial charge in [-0.3, -0.25) is 4.79 Å². The van der Waals surface area contributed by atoms with E-state index in [9.17, 15) is 4.79 Å². The molecule has 2 N–H and O–H groups in total. The molecule has 27 heavy (non-hydrogen) atoms. The summed E-state index contributed by atoms with van der Waals surface area (Å²) in [6.07, 6.45) is 2.94. The molecule has 138 valence electrons. The van der Waals surface area contributed by atoms with Crippen LogP contribution in [-0.2, 0) is 0 Å². The number of hydrogen-bond donors (Lipinski definition) is 2. The van der Waals surface area contributed by atoms with Crippen molar-refractivity contribution in [1.82, 2.24) is 9.97 Å². The first kappa shape index (κ1) is 18.2. The lowest BCUT2D eigenvalue weighted by Gasteiger charge is -2.08. The summed E-state index contributed by atoms with van der Waals surface area (Å²) >= 11 is 0. The Bertz CT molecular complexity index is 896. The van der Waals surface area contributed by atoms with Crippen molar-refractivity contribution in [3.05, 3.63) is 66.5 Å². The second-order valence-corrected chi connectivity index (χ2v) is 5.56. The van der Waals surface area contributed by atoms with Crippen molar-refractivity contribution in [2.75, 3.05) is 24.4 Å². The fourth-order valence-corrected chi connectivity index (χ4v) is 2.34. The molecule has 3 rings (SSSR count). The Labute approximate surface area is 157 Å². The van der Waals surface area contributed by atoms with Gasteiger partial charge in [-0.2, -0.15) is 0 Å². The summed E-state index contributed by atoms with van der Waals surface area (Å²) in [6, 6.07) is 14.6. The van der Waals surface area contributed by atoms with Crippen molar-refractivity contribution in [3.8, 4) is 11.5 Å². The summed E-state index contributed by atoms with van der Waals surface area (Å²) < 4.78 is 10.6. The number of aromatic nitrogens is 2. The van der Waals surface area contributed by atoms with Crippen LogP contribution in [0, 0.1) is 0 Å². The van der Waals surface area contributed by atoms with Crippen molar-refractivity contribution < 1.29 is 14.3 Å². The van der Waals surface area contributed by atoms with Gasteiger partial charge in [-0.05, 0) is 43.3 Å². The van der Waals surface area contributed by atoms with Crippen LogP contribution in [0.1, 0.15) is 17.3 Å². The number of carbonyl (C=O) groups excluding carboxylic acids is 1. The third-order valence-electron chi connectivity index (χ3n) is 3.66. The van der Waals surface area contributed by atoms with Crippen LogP contribution >= 0.6 is 0 Å². The predicted molar refractivity (Wildman–Crippen MR) is 104 cm³/mol. The Balaban J connectivity index is 1.62. The van der Waals surface area contributed by atoms with E-state index in [1.54, 1.807) is 31.4 Å². The van der Waals surface area contributed by atoms with Crippen LogP contribution in [0.3, 0.4) is 0 Å². The monoisotopic (exact) mass is 364 g/mol. The van der Waals surface area contributed by atoms with Gasteiger partial charge in [-0.25, -0.2) is 9.97 Å². The molecule has 0 saturated carbocycles. The van der Waals surface area contributed by atoms with E-state index in [0.29, 0.717) is 23.8 Å². The van der Waals surface area contributed by atoms with Gasteiger partial charge in [0, 0.05) is 29.8 Å². The highest BCUT2D eigenvalue weighted by molar-refractivity contribution is 6.03. The standard InChI is InChI=1S/C20H20N4O3/c1-3-27-17-9-7-15(8-10-17)23-19(25)14-12-21-20(22-13-14)24-16-5-4-6-18(11-16)26-2/h4-13H,3H2,1-2H3,(H,23,25)(H,21,22,24). The summed E-state index contributed by atoms with van der Waals surface area (Å²) in [7, 11) is 1.60. The number of anilines is 3. The van der Waals surface area contributed by atoms with E-state index in [1.165, 1.54) is 12.4 Å². The van der Waals surface area contributed by atoms with E-state index in [2.05, 4.69) is 20.6 Å². The largest absolute Gasteiger partial charge is 0.497 e. The highest BCUT2D eigenvalue weighted by Crippen LogP contribution is 2.19. The molecule has 0 aliphatic rings. The zero-order valence-electron chi connectivity index (χ0n) is 15.1. The Kier molecular flexibility index (Phi) is 5.84. The number of nitrogens with one attached hydrogen (secondary N) is 2. The maximum atomic E-state index is 12.3. The molecule has 1 heterocycles. The molecule has 1 amide bonds. The van der Waals surface area contributed by atoms with Crippen LogP contribution in [0.4, 0.5) is 17.3 Å². The van der Waals surface area contributed by atoms with Gasteiger partial charge in [0.05, 0.1) is 19.3 Å². The van der Waals surface area contributed by atoms with Gasteiger partial charge in [0.15, 0.2) is 0 Å². The lowest BCUT2D eigenvalue weighted by Crippen LogP contribution is -2.13. The average molecular weight is 364 g/mol. The number of rotatable bonds is 7. The second kappa shape index (κ2) is 8.66. The summed E-state index contributed by atoms with van der Waals surface area (Å²) in [5.74, 6) is 1.59. The van der Waals surface area contributed by atoms with E-state index in [-0.39, 0.29) is 5.91 Å². The predicted octanol–water partition coefficient (Wildman–Crippen LogP) is 3.88. The lowest BCUT2D eigenvalue weighted by atomic mass is 10.2. The first-order valence-electron chi connectivity index (χ1n) is 8.45. The van der Waals surface area contributed by atoms with Gasteiger partial charge in [-0.15, -0.1) is 0 Å². The quantitative estimate of drug-likeness (QED) is 0.662. The Morgan fingerprint density at radius 1 is 1.00 bits per heavy atom. The highest BCUT2D eigenvalue weighted by Gasteiger charge is 2.08. The number of ether oxygens (including phenoxy) is 2. The molecule has 0 aliphatic heterocycles. The SMILES string of the molecule is CCOc1ccc(NC(=O)c2cnc(Nc3cccc(OC)c3)nc2)cc1. The van der Waals surface area contributed by atoms with Gasteiger partial charge < -0.3 is 20.1 Å². The van der Waals surface area contributed by atoms with Gasteiger partial charge in [0.25, 0.3) is 5.91 Å². The topological polar surface area (TPSA) is 85.4 Å². The second-order valence-electron chi connectivity index (χ2n) is 5.56. The normalized spacial score (nSPS) is 10.1. The number of methoxy groups -OCH3 is 1. The van der Waals surface area contributed by atoms with Crippen LogP contribution in [0.2, 0.25) is 0 Å². The Morgan fingerprint density at radius 2 is 1.74 bits per heavy atom.